The van der Waals surface area contributed by atoms with Crippen molar-refractivity contribution < 1.29 is 14.1 Å². The molecule has 2 amide bonds. The van der Waals surface area contributed by atoms with E-state index in [1.165, 1.54) is 0 Å². The second-order valence-electron chi connectivity index (χ2n) is 7.86. The summed E-state index contributed by atoms with van der Waals surface area (Å²) in [5.74, 6) is 0.926. The minimum atomic E-state index is -0.0536. The fourth-order valence-corrected chi connectivity index (χ4v) is 3.09. The van der Waals surface area contributed by atoms with Crippen LogP contribution in [0.4, 0.5) is 0 Å². The number of carbonyl (C=O) groups is 2. The lowest BCUT2D eigenvalue weighted by Gasteiger charge is -2.21. The molecule has 168 valence electrons. The molecule has 7 nitrogen and oxygen atoms in total. The van der Waals surface area contributed by atoms with Gasteiger partial charge in [0.15, 0.2) is 0 Å². The van der Waals surface area contributed by atoms with Crippen molar-refractivity contribution in [1.29, 1.82) is 0 Å². The molecule has 1 N–H and O–H groups in total. The van der Waals surface area contributed by atoms with E-state index >= 15 is 0 Å². The van der Waals surface area contributed by atoms with E-state index in [-0.39, 0.29) is 17.9 Å². The topological polar surface area (TPSA) is 88.3 Å². The number of halogens is 1. The highest BCUT2D eigenvalue weighted by molar-refractivity contribution is 6.30. The van der Waals surface area contributed by atoms with Crippen LogP contribution >= 0.6 is 11.6 Å². The molecule has 0 saturated heterocycles. The Bertz CT molecular complexity index is 1050. The summed E-state index contributed by atoms with van der Waals surface area (Å²) in [6.45, 7) is 4.35. The minimum Gasteiger partial charge on any atom is -0.352 e. The van der Waals surface area contributed by atoms with Crippen molar-refractivity contribution in [2.24, 2.45) is 0 Å². The van der Waals surface area contributed by atoms with E-state index in [9.17, 15) is 9.59 Å². The Kier molecular flexibility index (Phi) is 8.00. The quantitative estimate of drug-likeness (QED) is 0.514. The first-order chi connectivity index (χ1) is 15.3. The average molecular weight is 455 g/mol. The Labute approximate surface area is 192 Å². The van der Waals surface area contributed by atoms with Gasteiger partial charge in [0.25, 0.3) is 5.91 Å². The average Bonchev–Trinajstić information content (AvgIpc) is 3.26. The molecule has 0 spiro atoms. The van der Waals surface area contributed by atoms with Crippen molar-refractivity contribution >= 4 is 23.4 Å². The molecule has 1 heterocycles. The predicted molar refractivity (Wildman–Crippen MR) is 123 cm³/mol. The summed E-state index contributed by atoms with van der Waals surface area (Å²) in [5.41, 5.74) is 2.39. The molecule has 0 aliphatic rings. The van der Waals surface area contributed by atoms with E-state index in [0.717, 1.165) is 11.1 Å². The maximum absolute atomic E-state index is 12.3. The van der Waals surface area contributed by atoms with Crippen LogP contribution in [0.25, 0.3) is 11.4 Å². The lowest BCUT2D eigenvalue weighted by Crippen LogP contribution is -2.32. The molecule has 3 rings (SSSR count). The van der Waals surface area contributed by atoms with Crippen LogP contribution in [-0.4, -0.2) is 39.9 Å². The molecule has 0 atom stereocenters. The minimum absolute atomic E-state index is 0.0177. The summed E-state index contributed by atoms with van der Waals surface area (Å²) in [6.07, 6.45) is 1.48. The fraction of sp³-hybridized carbons (Fsp3) is 0.333. The molecule has 2 aromatic carbocycles. The van der Waals surface area contributed by atoms with Gasteiger partial charge in [0.1, 0.15) is 0 Å². The van der Waals surface area contributed by atoms with Gasteiger partial charge in [-0.25, -0.2) is 0 Å². The lowest BCUT2D eigenvalue weighted by atomic mass is 10.1. The second kappa shape index (κ2) is 10.9. The molecule has 0 bridgehead atoms. The number of nitrogens with one attached hydrogen (secondary N) is 1. The first-order valence-electron chi connectivity index (χ1n) is 10.5. The molecule has 32 heavy (non-hydrogen) atoms. The molecular formula is C24H27ClN4O3. The van der Waals surface area contributed by atoms with Crippen LogP contribution in [0.5, 0.6) is 0 Å². The second-order valence-corrected chi connectivity index (χ2v) is 8.29. The maximum atomic E-state index is 12.3. The Hall–Kier alpha value is -3.19. The predicted octanol–water partition coefficient (Wildman–Crippen LogP) is 4.51. The standard InChI is InChI=1S/C24H27ClN4O3/c1-16(2)29(3)24(31)19-9-7-17(8-10-19)15-26-21(30)5-4-6-22-27-23(28-32-22)18-11-13-20(25)14-12-18/h7-14,16H,4-6,15H2,1-3H3,(H,26,30). The third-order valence-corrected chi connectivity index (χ3v) is 5.40. The Morgan fingerprint density at radius 1 is 1.09 bits per heavy atom. The summed E-state index contributed by atoms with van der Waals surface area (Å²) in [7, 11) is 1.79. The van der Waals surface area contributed by atoms with E-state index in [0.29, 0.717) is 48.1 Å². The number of nitrogens with zero attached hydrogens (tertiary/aromatic N) is 3. The van der Waals surface area contributed by atoms with E-state index < -0.39 is 0 Å². The van der Waals surface area contributed by atoms with Crippen molar-refractivity contribution in [2.75, 3.05) is 7.05 Å². The Morgan fingerprint density at radius 2 is 1.78 bits per heavy atom. The molecule has 3 aromatic rings. The van der Waals surface area contributed by atoms with E-state index in [4.69, 9.17) is 16.1 Å². The summed E-state index contributed by atoms with van der Waals surface area (Å²) in [6, 6.07) is 14.6. The molecule has 0 saturated carbocycles. The third-order valence-electron chi connectivity index (χ3n) is 5.15. The monoisotopic (exact) mass is 454 g/mol. The van der Waals surface area contributed by atoms with Gasteiger partial charge < -0.3 is 14.7 Å². The SMILES string of the molecule is CC(C)N(C)C(=O)c1ccc(CNC(=O)CCCc2nc(-c3ccc(Cl)cc3)no2)cc1. The number of benzene rings is 2. The van der Waals surface area contributed by atoms with Crippen LogP contribution in [-0.2, 0) is 17.8 Å². The van der Waals surface area contributed by atoms with Crippen molar-refractivity contribution in [3.63, 3.8) is 0 Å². The van der Waals surface area contributed by atoms with Gasteiger partial charge >= 0.3 is 0 Å². The first-order valence-corrected chi connectivity index (χ1v) is 10.9. The largest absolute Gasteiger partial charge is 0.352 e. The van der Waals surface area contributed by atoms with Crippen molar-refractivity contribution in [2.45, 2.75) is 45.7 Å². The van der Waals surface area contributed by atoms with E-state index in [2.05, 4.69) is 15.5 Å². The molecule has 0 radical (unpaired) electrons. The van der Waals surface area contributed by atoms with Crippen LogP contribution < -0.4 is 5.32 Å². The van der Waals surface area contributed by atoms with Crippen LogP contribution in [0.15, 0.2) is 53.1 Å². The zero-order valence-corrected chi connectivity index (χ0v) is 19.2. The van der Waals surface area contributed by atoms with Gasteiger partial charge in [0.05, 0.1) is 0 Å². The van der Waals surface area contributed by atoms with Gasteiger partial charge in [-0.2, -0.15) is 4.98 Å². The first kappa shape index (κ1) is 23.5. The zero-order chi connectivity index (χ0) is 23.1. The smallest absolute Gasteiger partial charge is 0.253 e. The highest BCUT2D eigenvalue weighted by Gasteiger charge is 2.14. The normalized spacial score (nSPS) is 10.9. The molecular weight excluding hydrogens is 428 g/mol. The zero-order valence-electron chi connectivity index (χ0n) is 18.5. The summed E-state index contributed by atoms with van der Waals surface area (Å²) in [5, 5.41) is 7.52. The number of hydrogen-bond acceptors (Lipinski definition) is 5. The number of hydrogen-bond donors (Lipinski definition) is 1. The van der Waals surface area contributed by atoms with Crippen molar-refractivity contribution in [3.8, 4) is 11.4 Å². The van der Waals surface area contributed by atoms with Gasteiger partial charge in [0.2, 0.25) is 17.6 Å². The van der Waals surface area contributed by atoms with Gasteiger partial charge in [0, 0.05) is 48.6 Å². The third kappa shape index (κ3) is 6.40. The van der Waals surface area contributed by atoms with Gasteiger partial charge in [-0.15, -0.1) is 0 Å². The van der Waals surface area contributed by atoms with Crippen LogP contribution in [0.3, 0.4) is 0 Å². The molecule has 0 unspecified atom stereocenters. The van der Waals surface area contributed by atoms with Crippen molar-refractivity contribution in [1.82, 2.24) is 20.4 Å². The summed E-state index contributed by atoms with van der Waals surface area (Å²) < 4.78 is 5.27. The Morgan fingerprint density at radius 3 is 2.44 bits per heavy atom. The molecule has 0 aliphatic heterocycles. The van der Waals surface area contributed by atoms with Crippen LogP contribution in [0.2, 0.25) is 5.02 Å². The fourth-order valence-electron chi connectivity index (χ4n) is 2.97. The Balaban J connectivity index is 1.41. The number of aromatic nitrogens is 2. The number of amides is 2. The molecule has 0 fully saturated rings. The van der Waals surface area contributed by atoms with Gasteiger partial charge in [-0.3, -0.25) is 9.59 Å². The number of aryl methyl sites for hydroxylation is 1. The maximum Gasteiger partial charge on any atom is 0.253 e. The molecule has 8 heteroatoms. The van der Waals surface area contributed by atoms with Crippen LogP contribution in [0, 0.1) is 0 Å². The van der Waals surface area contributed by atoms with Crippen LogP contribution in [0.1, 0.15) is 48.5 Å². The highest BCUT2D eigenvalue weighted by atomic mass is 35.5. The highest BCUT2D eigenvalue weighted by Crippen LogP contribution is 2.19. The lowest BCUT2D eigenvalue weighted by molar-refractivity contribution is -0.121. The molecule has 1 aromatic heterocycles. The van der Waals surface area contributed by atoms with Crippen molar-refractivity contribution in [3.05, 3.63) is 70.6 Å². The van der Waals surface area contributed by atoms with Gasteiger partial charge in [-0.05, 0) is 62.2 Å². The summed E-state index contributed by atoms with van der Waals surface area (Å²) >= 11 is 5.89. The van der Waals surface area contributed by atoms with E-state index in [1.807, 2.05) is 38.1 Å². The van der Waals surface area contributed by atoms with Gasteiger partial charge in [-0.1, -0.05) is 28.9 Å². The summed E-state index contributed by atoms with van der Waals surface area (Å²) in [4.78, 5) is 30.5. The van der Waals surface area contributed by atoms with E-state index in [1.54, 1.807) is 36.2 Å². The molecule has 0 aliphatic carbocycles. The number of rotatable bonds is 9. The number of carbonyl (C=O) groups excluding carboxylic acids is 2.